The van der Waals surface area contributed by atoms with Crippen molar-refractivity contribution in [1.29, 1.82) is 0 Å². The van der Waals surface area contributed by atoms with Crippen LogP contribution in [-0.4, -0.2) is 10.4 Å². The van der Waals surface area contributed by atoms with E-state index in [0.29, 0.717) is 0 Å². The van der Waals surface area contributed by atoms with Gasteiger partial charge in [0.25, 0.3) is 0 Å². The first-order valence-electron chi connectivity index (χ1n) is 7.96. The van der Waals surface area contributed by atoms with Gasteiger partial charge in [0.1, 0.15) is 11.2 Å². The van der Waals surface area contributed by atoms with Crippen molar-refractivity contribution < 1.29 is 8.99 Å². The topological polar surface area (TPSA) is 16.1 Å². The number of benzene rings is 3. The molecule has 5 rings (SSSR count). The van der Waals surface area contributed by atoms with Crippen molar-refractivity contribution in [2.75, 3.05) is 0 Å². The summed E-state index contributed by atoms with van der Waals surface area (Å²) in [6.07, 6.45) is 4.14. The van der Waals surface area contributed by atoms with Crippen LogP contribution < -0.4 is 0 Å². The Hall–Kier alpha value is -3.35. The second kappa shape index (κ2) is 5.09. The Bertz CT molecular complexity index is 1170. The summed E-state index contributed by atoms with van der Waals surface area (Å²) in [4.78, 5) is 0. The van der Waals surface area contributed by atoms with E-state index in [2.05, 4.69) is 42.3 Å². The summed E-state index contributed by atoms with van der Waals surface area (Å²) < 4.78 is 7.92. The molecule has 0 aliphatic carbocycles. The fraction of sp³-hybridized carbons (Fsp3) is 0. The lowest BCUT2D eigenvalue weighted by Crippen LogP contribution is -1.89. The molecule has 4 aromatic rings. The lowest BCUT2D eigenvalue weighted by atomic mass is 10.0. The molecule has 2 heteroatoms. The highest BCUT2D eigenvalue weighted by Crippen LogP contribution is 2.31. The minimum absolute atomic E-state index is 0.919. The number of fused-ring (bicyclic) bond motifs is 3. The molecular formula is C22H14NO+. The molecule has 24 heavy (non-hydrogen) atoms. The van der Waals surface area contributed by atoms with Crippen LogP contribution in [0.1, 0.15) is 5.56 Å². The van der Waals surface area contributed by atoms with Crippen LogP contribution in [0.15, 0.2) is 89.5 Å². The van der Waals surface area contributed by atoms with Crippen molar-refractivity contribution in [3.8, 4) is 0 Å². The molecule has 0 atom stereocenters. The highest BCUT2D eigenvalue weighted by atomic mass is 16.3. The molecule has 1 aromatic heterocycles. The SMILES string of the molecule is C1=C(c2ccc3oc4ccccc4c3c2)C=C[N+]=1c1ccccc1. The van der Waals surface area contributed by atoms with Gasteiger partial charge in [-0.15, -0.1) is 4.58 Å². The zero-order valence-electron chi connectivity index (χ0n) is 12.9. The molecule has 0 N–H and O–H groups in total. The second-order valence-corrected chi connectivity index (χ2v) is 5.86. The number of furan rings is 1. The monoisotopic (exact) mass is 308 g/mol. The van der Waals surface area contributed by atoms with Gasteiger partial charge < -0.3 is 4.42 Å². The number of hydrogen-bond donors (Lipinski definition) is 0. The Morgan fingerprint density at radius 1 is 0.750 bits per heavy atom. The molecule has 0 saturated heterocycles. The van der Waals surface area contributed by atoms with Crippen LogP contribution in [0.25, 0.3) is 27.5 Å². The molecule has 0 unspecified atom stereocenters. The average molecular weight is 308 g/mol. The minimum Gasteiger partial charge on any atom is -0.456 e. The first kappa shape index (κ1) is 13.1. The van der Waals surface area contributed by atoms with E-state index in [-0.39, 0.29) is 0 Å². The lowest BCUT2D eigenvalue weighted by Gasteiger charge is -1.95. The summed E-state index contributed by atoms with van der Waals surface area (Å²) in [6.45, 7) is 0. The van der Waals surface area contributed by atoms with Gasteiger partial charge in [0, 0.05) is 29.0 Å². The zero-order valence-corrected chi connectivity index (χ0v) is 12.9. The number of allylic oxidation sites excluding steroid dienone is 2. The van der Waals surface area contributed by atoms with Crippen LogP contribution in [-0.2, 0) is 0 Å². The summed E-state index contributed by atoms with van der Waals surface area (Å²) in [5.41, 5.74) is 5.17. The Morgan fingerprint density at radius 2 is 1.54 bits per heavy atom. The highest BCUT2D eigenvalue weighted by Gasteiger charge is 2.15. The smallest absolute Gasteiger partial charge is 0.220 e. The van der Waals surface area contributed by atoms with Crippen molar-refractivity contribution in [3.63, 3.8) is 0 Å². The predicted octanol–water partition coefficient (Wildman–Crippen LogP) is 5.51. The molecule has 112 valence electrons. The summed E-state index contributed by atoms with van der Waals surface area (Å²) in [7, 11) is 0. The summed E-state index contributed by atoms with van der Waals surface area (Å²) in [6, 6.07) is 24.7. The van der Waals surface area contributed by atoms with Gasteiger partial charge in [-0.1, -0.05) is 36.4 Å². The molecule has 0 amide bonds. The van der Waals surface area contributed by atoms with Gasteiger partial charge in [0.15, 0.2) is 12.1 Å². The third kappa shape index (κ3) is 2.02. The Morgan fingerprint density at radius 3 is 2.46 bits per heavy atom. The fourth-order valence-corrected chi connectivity index (χ4v) is 3.15. The maximum absolute atomic E-state index is 5.90. The van der Waals surface area contributed by atoms with E-state index in [9.17, 15) is 0 Å². The Balaban J connectivity index is 1.69. The van der Waals surface area contributed by atoms with Crippen molar-refractivity contribution in [1.82, 2.24) is 0 Å². The molecule has 0 bridgehead atoms. The van der Waals surface area contributed by atoms with E-state index in [1.165, 1.54) is 0 Å². The molecule has 2 nitrogen and oxygen atoms in total. The van der Waals surface area contributed by atoms with Crippen LogP contribution in [0.2, 0.25) is 0 Å². The van der Waals surface area contributed by atoms with Gasteiger partial charge in [-0.3, -0.25) is 0 Å². The van der Waals surface area contributed by atoms with Crippen LogP contribution in [0.3, 0.4) is 0 Å². The molecule has 1 aliphatic rings. The van der Waals surface area contributed by atoms with E-state index in [1.807, 2.05) is 53.2 Å². The van der Waals surface area contributed by atoms with Gasteiger partial charge in [0.05, 0.1) is 5.57 Å². The van der Waals surface area contributed by atoms with Crippen LogP contribution in [0.4, 0.5) is 5.69 Å². The average Bonchev–Trinajstić information content (AvgIpc) is 3.27. The standard InChI is InChI=1S/C22H14NO/c1-2-6-18(7-3-1)23-13-12-17(15-23)16-10-11-22-20(14-16)19-8-4-5-9-21(19)24-22/h1-14H/q+1. The van der Waals surface area contributed by atoms with Crippen molar-refractivity contribution >= 4 is 39.1 Å². The largest absolute Gasteiger partial charge is 0.456 e. The summed E-state index contributed by atoms with van der Waals surface area (Å²) >= 11 is 0. The quantitative estimate of drug-likeness (QED) is 0.446. The first-order valence-corrected chi connectivity index (χ1v) is 7.96. The van der Waals surface area contributed by atoms with Gasteiger partial charge >= 0.3 is 0 Å². The maximum Gasteiger partial charge on any atom is 0.220 e. The Kier molecular flexibility index (Phi) is 2.78. The number of hydrogen-bond acceptors (Lipinski definition) is 1. The molecule has 3 aromatic carbocycles. The van der Waals surface area contributed by atoms with E-state index >= 15 is 0 Å². The van der Waals surface area contributed by atoms with Gasteiger partial charge in [-0.2, -0.15) is 0 Å². The maximum atomic E-state index is 5.90. The molecule has 2 heterocycles. The molecule has 0 radical (unpaired) electrons. The van der Waals surface area contributed by atoms with Crippen molar-refractivity contribution in [2.24, 2.45) is 0 Å². The van der Waals surface area contributed by atoms with Crippen LogP contribution in [0.5, 0.6) is 0 Å². The molecule has 0 saturated carbocycles. The van der Waals surface area contributed by atoms with Crippen LogP contribution in [0, 0.1) is 0 Å². The van der Waals surface area contributed by atoms with E-state index in [1.54, 1.807) is 0 Å². The van der Waals surface area contributed by atoms with Crippen molar-refractivity contribution in [2.45, 2.75) is 0 Å². The number of rotatable bonds is 2. The highest BCUT2D eigenvalue weighted by molar-refractivity contribution is 6.07. The second-order valence-electron chi connectivity index (χ2n) is 5.86. The van der Waals surface area contributed by atoms with Crippen LogP contribution >= 0.6 is 0 Å². The third-order valence-corrected chi connectivity index (χ3v) is 4.35. The summed E-state index contributed by atoms with van der Waals surface area (Å²) in [5.74, 6) is 3.44. The van der Waals surface area contributed by atoms with Gasteiger partial charge in [0.2, 0.25) is 5.69 Å². The normalized spacial score (nSPS) is 13.5. The zero-order chi connectivity index (χ0) is 15.9. The van der Waals surface area contributed by atoms with E-state index in [0.717, 1.165) is 38.8 Å². The Labute approximate surface area is 139 Å². The summed E-state index contributed by atoms with van der Waals surface area (Å²) in [5, 5.41) is 2.29. The number of nitrogens with zero attached hydrogens (tertiary/aromatic N) is 1. The van der Waals surface area contributed by atoms with E-state index in [4.69, 9.17) is 4.42 Å². The van der Waals surface area contributed by atoms with Crippen molar-refractivity contribution in [3.05, 3.63) is 90.6 Å². The molecule has 0 spiro atoms. The minimum atomic E-state index is 0.919. The van der Waals surface area contributed by atoms with Gasteiger partial charge in [-0.25, -0.2) is 0 Å². The van der Waals surface area contributed by atoms with E-state index < -0.39 is 0 Å². The van der Waals surface area contributed by atoms with Gasteiger partial charge in [-0.05, 0) is 29.8 Å². The molecular weight excluding hydrogens is 294 g/mol. The fourth-order valence-electron chi connectivity index (χ4n) is 3.15. The molecule has 0 fully saturated rings. The third-order valence-electron chi connectivity index (χ3n) is 4.35. The number of para-hydroxylation sites is 2. The predicted molar refractivity (Wildman–Crippen MR) is 97.6 cm³/mol. The first-order chi connectivity index (χ1) is 11.9. The molecule has 1 aliphatic heterocycles. The lowest BCUT2D eigenvalue weighted by molar-refractivity contribution is -0.349.